The number of carbonyl (C=O) groups is 1. The Morgan fingerprint density at radius 2 is 1.85 bits per heavy atom. The number of piperidine rings is 1. The van der Waals surface area contributed by atoms with E-state index in [9.17, 15) is 17.6 Å². The molecule has 1 N–H and O–H groups in total. The van der Waals surface area contributed by atoms with Crippen molar-refractivity contribution in [3.05, 3.63) is 30.1 Å². The Morgan fingerprint density at radius 3 is 2.42 bits per heavy atom. The van der Waals surface area contributed by atoms with Crippen LogP contribution in [0.4, 0.5) is 4.39 Å². The van der Waals surface area contributed by atoms with Gasteiger partial charge in [-0.05, 0) is 50.5 Å². The molecule has 1 amide bonds. The van der Waals surface area contributed by atoms with Crippen LogP contribution in [0.2, 0.25) is 0 Å². The van der Waals surface area contributed by atoms with E-state index >= 15 is 0 Å². The Labute approximate surface area is 156 Å². The van der Waals surface area contributed by atoms with Crippen molar-refractivity contribution in [2.24, 2.45) is 5.92 Å². The van der Waals surface area contributed by atoms with Gasteiger partial charge < -0.3 is 5.32 Å². The van der Waals surface area contributed by atoms with E-state index in [-0.39, 0.29) is 22.8 Å². The Bertz CT molecular complexity index is 683. The number of carbonyl (C=O) groups excluding carboxylic acids is 1. The third-order valence-electron chi connectivity index (χ3n) is 4.91. The van der Waals surface area contributed by atoms with Crippen LogP contribution >= 0.6 is 0 Å². The number of unbranched alkanes of at least 4 members (excludes halogenated alkanes) is 2. The Hall–Kier alpha value is -1.47. The predicted octanol–water partition coefficient (Wildman–Crippen LogP) is 3.31. The highest BCUT2D eigenvalue weighted by Crippen LogP contribution is 2.24. The molecule has 0 unspecified atom stereocenters. The first-order valence-electron chi connectivity index (χ1n) is 9.40. The van der Waals surface area contributed by atoms with E-state index in [1.807, 2.05) is 6.92 Å². The molecule has 1 saturated heterocycles. The zero-order chi connectivity index (χ0) is 19.2. The second-order valence-electron chi connectivity index (χ2n) is 7.04. The molecule has 0 spiro atoms. The zero-order valence-electron chi connectivity index (χ0n) is 15.6. The number of nitrogens with one attached hydrogen (secondary N) is 1. The molecule has 1 aliphatic rings. The molecular formula is C19H29FN2O3S. The largest absolute Gasteiger partial charge is 0.353 e. The first-order valence-corrected chi connectivity index (χ1v) is 10.8. The molecule has 1 aromatic carbocycles. The Balaban J connectivity index is 1.86. The topological polar surface area (TPSA) is 66.5 Å². The predicted molar refractivity (Wildman–Crippen MR) is 99.6 cm³/mol. The summed E-state index contributed by atoms with van der Waals surface area (Å²) in [6.07, 6.45) is 5.41. The standard InChI is InChI=1S/C19H29FN2O3S/c1-3-4-5-6-15(2)21-19(23)16-11-13-22(14-12-16)26(24,25)18-9-7-17(20)8-10-18/h7-10,15-16H,3-6,11-14H2,1-2H3,(H,21,23)/t15-/m0/s1. The first kappa shape index (κ1) is 20.8. The lowest BCUT2D eigenvalue weighted by molar-refractivity contribution is -0.126. The van der Waals surface area contributed by atoms with Gasteiger partial charge in [0, 0.05) is 25.0 Å². The third kappa shape index (κ3) is 5.51. The summed E-state index contributed by atoms with van der Waals surface area (Å²) in [6.45, 7) is 4.78. The number of sulfonamides is 1. The summed E-state index contributed by atoms with van der Waals surface area (Å²) < 4.78 is 39.6. The number of halogens is 1. The van der Waals surface area contributed by atoms with Crippen LogP contribution in [0, 0.1) is 11.7 Å². The lowest BCUT2D eigenvalue weighted by atomic mass is 9.96. The molecule has 1 heterocycles. The molecule has 1 aliphatic heterocycles. The fourth-order valence-electron chi connectivity index (χ4n) is 3.25. The zero-order valence-corrected chi connectivity index (χ0v) is 16.4. The van der Waals surface area contributed by atoms with E-state index in [1.165, 1.54) is 22.9 Å². The van der Waals surface area contributed by atoms with E-state index in [0.29, 0.717) is 25.9 Å². The quantitative estimate of drug-likeness (QED) is 0.699. The van der Waals surface area contributed by atoms with Crippen LogP contribution in [0.1, 0.15) is 52.4 Å². The number of benzene rings is 1. The van der Waals surface area contributed by atoms with Gasteiger partial charge in [0.1, 0.15) is 5.82 Å². The van der Waals surface area contributed by atoms with Crippen LogP contribution in [0.15, 0.2) is 29.2 Å². The van der Waals surface area contributed by atoms with Crippen LogP contribution in [-0.4, -0.2) is 37.8 Å². The molecular weight excluding hydrogens is 355 g/mol. The molecule has 1 atom stereocenters. The minimum atomic E-state index is -3.63. The van der Waals surface area contributed by atoms with Crippen molar-refractivity contribution in [2.45, 2.75) is 63.3 Å². The minimum Gasteiger partial charge on any atom is -0.353 e. The number of amides is 1. The molecule has 0 bridgehead atoms. The normalized spacial score (nSPS) is 17.8. The highest BCUT2D eigenvalue weighted by molar-refractivity contribution is 7.89. The molecule has 0 radical (unpaired) electrons. The number of rotatable bonds is 8. The van der Waals surface area contributed by atoms with Crippen molar-refractivity contribution >= 4 is 15.9 Å². The highest BCUT2D eigenvalue weighted by Gasteiger charge is 2.32. The van der Waals surface area contributed by atoms with Gasteiger partial charge in [-0.1, -0.05) is 26.2 Å². The third-order valence-corrected chi connectivity index (χ3v) is 6.82. The molecule has 5 nitrogen and oxygen atoms in total. The summed E-state index contributed by atoms with van der Waals surface area (Å²) >= 11 is 0. The van der Waals surface area contributed by atoms with Gasteiger partial charge in [0.05, 0.1) is 4.90 Å². The van der Waals surface area contributed by atoms with Crippen molar-refractivity contribution in [3.8, 4) is 0 Å². The smallest absolute Gasteiger partial charge is 0.243 e. The molecule has 0 aromatic heterocycles. The van der Waals surface area contributed by atoms with Crippen molar-refractivity contribution in [1.82, 2.24) is 9.62 Å². The molecule has 26 heavy (non-hydrogen) atoms. The maximum absolute atomic E-state index is 13.0. The van der Waals surface area contributed by atoms with Gasteiger partial charge in [0.2, 0.25) is 15.9 Å². The van der Waals surface area contributed by atoms with Crippen molar-refractivity contribution in [1.29, 1.82) is 0 Å². The molecule has 0 saturated carbocycles. The van der Waals surface area contributed by atoms with E-state index in [4.69, 9.17) is 0 Å². The van der Waals surface area contributed by atoms with Crippen molar-refractivity contribution in [3.63, 3.8) is 0 Å². The molecule has 146 valence electrons. The van der Waals surface area contributed by atoms with E-state index < -0.39 is 15.8 Å². The van der Waals surface area contributed by atoms with Crippen LogP contribution in [0.5, 0.6) is 0 Å². The van der Waals surface area contributed by atoms with Gasteiger partial charge >= 0.3 is 0 Å². The SMILES string of the molecule is CCCCC[C@H](C)NC(=O)C1CCN(S(=O)(=O)c2ccc(F)cc2)CC1. The van der Waals surface area contributed by atoms with Gasteiger partial charge in [-0.15, -0.1) is 0 Å². The molecule has 0 aliphatic carbocycles. The van der Waals surface area contributed by atoms with Crippen LogP contribution in [0.25, 0.3) is 0 Å². The maximum atomic E-state index is 13.0. The van der Waals surface area contributed by atoms with Crippen LogP contribution in [-0.2, 0) is 14.8 Å². The first-order chi connectivity index (χ1) is 12.3. The van der Waals surface area contributed by atoms with E-state index in [2.05, 4.69) is 12.2 Å². The van der Waals surface area contributed by atoms with Crippen LogP contribution < -0.4 is 5.32 Å². The molecule has 7 heteroatoms. The fourth-order valence-corrected chi connectivity index (χ4v) is 4.72. The summed E-state index contributed by atoms with van der Waals surface area (Å²) in [6, 6.07) is 5.00. The molecule has 1 aromatic rings. The lowest BCUT2D eigenvalue weighted by Crippen LogP contribution is -2.44. The summed E-state index contributed by atoms with van der Waals surface area (Å²) in [7, 11) is -3.63. The summed E-state index contributed by atoms with van der Waals surface area (Å²) in [5.41, 5.74) is 0. The fraction of sp³-hybridized carbons (Fsp3) is 0.632. The average Bonchev–Trinajstić information content (AvgIpc) is 2.62. The average molecular weight is 385 g/mol. The second kappa shape index (κ2) is 9.46. The van der Waals surface area contributed by atoms with Gasteiger partial charge in [0.25, 0.3) is 0 Å². The maximum Gasteiger partial charge on any atom is 0.243 e. The van der Waals surface area contributed by atoms with Crippen LogP contribution in [0.3, 0.4) is 0 Å². The second-order valence-corrected chi connectivity index (χ2v) is 8.98. The minimum absolute atomic E-state index is 0.0211. The van der Waals surface area contributed by atoms with Gasteiger partial charge in [0.15, 0.2) is 0 Å². The number of hydrogen-bond acceptors (Lipinski definition) is 3. The van der Waals surface area contributed by atoms with Gasteiger partial charge in [-0.3, -0.25) is 4.79 Å². The van der Waals surface area contributed by atoms with Gasteiger partial charge in [-0.2, -0.15) is 4.31 Å². The monoisotopic (exact) mass is 384 g/mol. The van der Waals surface area contributed by atoms with Crippen molar-refractivity contribution in [2.75, 3.05) is 13.1 Å². The summed E-state index contributed by atoms with van der Waals surface area (Å²) in [5.74, 6) is -0.594. The van der Waals surface area contributed by atoms with Gasteiger partial charge in [-0.25, -0.2) is 12.8 Å². The van der Waals surface area contributed by atoms with E-state index in [0.717, 1.165) is 31.4 Å². The number of nitrogens with zero attached hydrogens (tertiary/aromatic N) is 1. The Morgan fingerprint density at radius 1 is 1.23 bits per heavy atom. The summed E-state index contributed by atoms with van der Waals surface area (Å²) in [4.78, 5) is 12.5. The number of hydrogen-bond donors (Lipinski definition) is 1. The Kier molecular flexibility index (Phi) is 7.58. The lowest BCUT2D eigenvalue weighted by Gasteiger charge is -2.31. The van der Waals surface area contributed by atoms with Crippen molar-refractivity contribution < 1.29 is 17.6 Å². The molecule has 1 fully saturated rings. The highest BCUT2D eigenvalue weighted by atomic mass is 32.2. The van der Waals surface area contributed by atoms with E-state index in [1.54, 1.807) is 0 Å². The molecule has 2 rings (SSSR count). The summed E-state index contributed by atoms with van der Waals surface area (Å²) in [5, 5.41) is 3.05.